The summed E-state index contributed by atoms with van der Waals surface area (Å²) in [5, 5.41) is 3.96. The number of hydrogen-bond acceptors (Lipinski definition) is 8. The standard InChI is InChI=1S/C23H29ClN4O6S2/c24-17-4-3-5-18(14-17)28-23(29)22(34-19-6-1-2-7-19)21(15-25-28)26-9-11-27(12-10-26)36(32,33)20-8-13-35(30,31)16-20/h3-5,14-15,19-20H,1-2,6-13,16H2. The Balaban J connectivity index is 1.40. The first-order chi connectivity index (χ1) is 17.1. The molecule has 3 heterocycles. The molecule has 1 aliphatic carbocycles. The van der Waals surface area contributed by atoms with Gasteiger partial charge in [-0.05, 0) is 50.3 Å². The molecule has 0 amide bonds. The van der Waals surface area contributed by atoms with Gasteiger partial charge < -0.3 is 9.64 Å². The lowest BCUT2D eigenvalue weighted by atomic mass is 10.2. The number of anilines is 1. The van der Waals surface area contributed by atoms with Crippen LogP contribution in [0.5, 0.6) is 5.75 Å². The van der Waals surface area contributed by atoms with E-state index in [4.69, 9.17) is 16.3 Å². The van der Waals surface area contributed by atoms with Crippen LogP contribution in [0.4, 0.5) is 5.69 Å². The normalized spacial score (nSPS) is 23.2. The summed E-state index contributed by atoms with van der Waals surface area (Å²) in [7, 11) is -7.03. The lowest BCUT2D eigenvalue weighted by Crippen LogP contribution is -2.51. The topological polar surface area (TPSA) is 119 Å². The number of nitrogens with zero attached hydrogens (tertiary/aromatic N) is 4. The molecule has 0 spiro atoms. The molecule has 10 nitrogen and oxygen atoms in total. The zero-order chi connectivity index (χ0) is 25.5. The molecule has 3 fully saturated rings. The number of benzene rings is 1. The maximum Gasteiger partial charge on any atom is 0.316 e. The van der Waals surface area contributed by atoms with Crippen molar-refractivity contribution in [1.82, 2.24) is 14.1 Å². The summed E-state index contributed by atoms with van der Waals surface area (Å²) in [5.74, 6) is -0.205. The molecule has 0 N–H and O–H groups in total. The van der Waals surface area contributed by atoms with Crippen molar-refractivity contribution in [2.24, 2.45) is 0 Å². The van der Waals surface area contributed by atoms with Crippen molar-refractivity contribution in [3.05, 3.63) is 45.8 Å². The Labute approximate surface area is 215 Å². The van der Waals surface area contributed by atoms with Crippen LogP contribution in [0.15, 0.2) is 35.3 Å². The Bertz CT molecular complexity index is 1400. The highest BCUT2D eigenvalue weighted by Gasteiger charge is 2.41. The molecule has 1 saturated carbocycles. The summed E-state index contributed by atoms with van der Waals surface area (Å²) in [6.07, 6.45) is 5.49. The van der Waals surface area contributed by atoms with Gasteiger partial charge in [-0.25, -0.2) is 16.8 Å². The predicted octanol–water partition coefficient (Wildman–Crippen LogP) is 1.85. The van der Waals surface area contributed by atoms with Crippen molar-refractivity contribution in [2.75, 3.05) is 42.6 Å². The number of hydrogen-bond donors (Lipinski definition) is 0. The maximum absolute atomic E-state index is 13.5. The van der Waals surface area contributed by atoms with Crippen LogP contribution in [-0.2, 0) is 19.9 Å². The summed E-state index contributed by atoms with van der Waals surface area (Å²) < 4.78 is 58.6. The summed E-state index contributed by atoms with van der Waals surface area (Å²) in [6, 6.07) is 6.86. The van der Waals surface area contributed by atoms with Crippen LogP contribution in [0.25, 0.3) is 5.69 Å². The van der Waals surface area contributed by atoms with Gasteiger partial charge in [0.15, 0.2) is 9.84 Å². The first-order valence-corrected chi connectivity index (χ1v) is 15.8. The average molecular weight is 557 g/mol. The fraction of sp³-hybridized carbons (Fsp3) is 0.565. The molecule has 1 aromatic carbocycles. The summed E-state index contributed by atoms with van der Waals surface area (Å²) in [6.45, 7) is 1.06. The third kappa shape index (κ3) is 5.13. The van der Waals surface area contributed by atoms with E-state index in [1.165, 1.54) is 8.99 Å². The van der Waals surface area contributed by atoms with E-state index in [0.29, 0.717) is 29.5 Å². The number of ether oxygens (including phenoxy) is 1. The van der Waals surface area contributed by atoms with E-state index >= 15 is 0 Å². The first-order valence-electron chi connectivity index (χ1n) is 12.1. The molecule has 2 aromatic rings. The minimum atomic E-state index is -3.72. The van der Waals surface area contributed by atoms with Gasteiger partial charge in [0.05, 0.1) is 34.7 Å². The van der Waals surface area contributed by atoms with Crippen LogP contribution >= 0.6 is 11.6 Å². The molecule has 0 bridgehead atoms. The van der Waals surface area contributed by atoms with Crippen LogP contribution in [0.3, 0.4) is 0 Å². The van der Waals surface area contributed by atoms with Gasteiger partial charge in [0.2, 0.25) is 15.8 Å². The molecule has 1 atom stereocenters. The quantitative estimate of drug-likeness (QED) is 0.529. The monoisotopic (exact) mass is 556 g/mol. The van der Waals surface area contributed by atoms with Crippen molar-refractivity contribution < 1.29 is 21.6 Å². The van der Waals surface area contributed by atoms with Crippen molar-refractivity contribution >= 4 is 37.1 Å². The predicted molar refractivity (Wildman–Crippen MR) is 137 cm³/mol. The fourth-order valence-corrected chi connectivity index (χ4v) is 9.82. The number of halogens is 1. The Morgan fingerprint density at radius 2 is 1.78 bits per heavy atom. The highest BCUT2D eigenvalue weighted by atomic mass is 35.5. The van der Waals surface area contributed by atoms with Crippen molar-refractivity contribution in [3.63, 3.8) is 0 Å². The van der Waals surface area contributed by atoms with E-state index in [0.717, 1.165) is 25.7 Å². The van der Waals surface area contributed by atoms with Gasteiger partial charge in [-0.3, -0.25) is 4.79 Å². The first kappa shape index (κ1) is 25.5. The number of rotatable bonds is 6. The summed E-state index contributed by atoms with van der Waals surface area (Å²) in [4.78, 5) is 15.4. The second-order valence-electron chi connectivity index (χ2n) is 9.54. The summed E-state index contributed by atoms with van der Waals surface area (Å²) >= 11 is 6.12. The number of piperazine rings is 1. The lowest BCUT2D eigenvalue weighted by molar-refractivity contribution is 0.205. The van der Waals surface area contributed by atoms with E-state index in [1.807, 2.05) is 4.90 Å². The van der Waals surface area contributed by atoms with Crippen molar-refractivity contribution in [3.8, 4) is 11.4 Å². The molecule has 36 heavy (non-hydrogen) atoms. The number of sulfonamides is 1. The molecule has 0 radical (unpaired) electrons. The van der Waals surface area contributed by atoms with E-state index in [2.05, 4.69) is 5.10 Å². The highest BCUT2D eigenvalue weighted by Crippen LogP contribution is 2.31. The van der Waals surface area contributed by atoms with Crippen LogP contribution in [0, 0.1) is 0 Å². The molecule has 13 heteroatoms. The second kappa shape index (κ2) is 9.96. The minimum Gasteiger partial charge on any atom is -0.483 e. The highest BCUT2D eigenvalue weighted by molar-refractivity contribution is 7.95. The smallest absolute Gasteiger partial charge is 0.316 e. The minimum absolute atomic E-state index is 0.0577. The third-order valence-electron chi connectivity index (χ3n) is 7.11. The number of aromatic nitrogens is 2. The Kier molecular flexibility index (Phi) is 7.05. The Hall–Kier alpha value is -2.15. The van der Waals surface area contributed by atoms with Gasteiger partial charge in [-0.1, -0.05) is 17.7 Å². The van der Waals surface area contributed by atoms with Gasteiger partial charge >= 0.3 is 5.56 Å². The zero-order valence-corrected chi connectivity index (χ0v) is 22.1. The molecule has 3 aliphatic rings. The molecule has 2 saturated heterocycles. The largest absolute Gasteiger partial charge is 0.483 e. The van der Waals surface area contributed by atoms with Crippen molar-refractivity contribution in [2.45, 2.75) is 43.5 Å². The summed E-state index contributed by atoms with van der Waals surface area (Å²) in [5.41, 5.74) is 0.663. The molecule has 1 aromatic heterocycles. The lowest BCUT2D eigenvalue weighted by Gasteiger charge is -2.36. The second-order valence-corrected chi connectivity index (χ2v) is 14.4. The Morgan fingerprint density at radius 3 is 2.42 bits per heavy atom. The van der Waals surface area contributed by atoms with Crippen LogP contribution in [0.1, 0.15) is 32.1 Å². The van der Waals surface area contributed by atoms with Gasteiger partial charge in [-0.15, -0.1) is 0 Å². The molecule has 196 valence electrons. The van der Waals surface area contributed by atoms with Gasteiger partial charge in [-0.2, -0.15) is 14.1 Å². The average Bonchev–Trinajstić information content (AvgIpc) is 3.50. The van der Waals surface area contributed by atoms with E-state index in [9.17, 15) is 21.6 Å². The molecular formula is C23H29ClN4O6S2. The van der Waals surface area contributed by atoms with Gasteiger partial charge in [0.25, 0.3) is 0 Å². The fourth-order valence-electron chi connectivity index (χ4n) is 5.12. The van der Waals surface area contributed by atoms with Gasteiger partial charge in [0, 0.05) is 31.2 Å². The van der Waals surface area contributed by atoms with Crippen LogP contribution in [-0.4, -0.2) is 80.0 Å². The molecule has 2 aliphatic heterocycles. The molecule has 5 rings (SSSR count). The SMILES string of the molecule is O=c1c(OC2CCCC2)c(N2CCN(S(=O)(=O)C3CCS(=O)(=O)C3)CC2)cnn1-c1cccc(Cl)c1. The number of sulfone groups is 1. The molecular weight excluding hydrogens is 528 g/mol. The van der Waals surface area contributed by atoms with E-state index < -0.39 is 30.7 Å². The molecule has 1 unspecified atom stereocenters. The van der Waals surface area contributed by atoms with Crippen LogP contribution < -0.4 is 15.2 Å². The van der Waals surface area contributed by atoms with E-state index in [-0.39, 0.29) is 42.9 Å². The van der Waals surface area contributed by atoms with Gasteiger partial charge in [0.1, 0.15) is 5.69 Å². The maximum atomic E-state index is 13.5. The zero-order valence-electron chi connectivity index (χ0n) is 19.8. The van der Waals surface area contributed by atoms with E-state index in [1.54, 1.807) is 30.5 Å². The third-order valence-corrected chi connectivity index (χ3v) is 11.6. The van der Waals surface area contributed by atoms with Crippen LogP contribution in [0.2, 0.25) is 5.02 Å². The van der Waals surface area contributed by atoms with Crippen molar-refractivity contribution in [1.29, 1.82) is 0 Å². The Morgan fingerprint density at radius 1 is 1.06 bits per heavy atom.